The summed E-state index contributed by atoms with van der Waals surface area (Å²) >= 11 is 0. The molecule has 0 aromatic rings. The molecule has 2 aliphatic rings. The number of nitrogens with zero attached hydrogens (tertiary/aromatic N) is 2. The van der Waals surface area contributed by atoms with Crippen molar-refractivity contribution >= 4 is 11.9 Å². The summed E-state index contributed by atoms with van der Waals surface area (Å²) in [5.74, 6) is -0.765. The lowest BCUT2D eigenvalue weighted by molar-refractivity contribution is -0.137. The van der Waals surface area contributed by atoms with Gasteiger partial charge in [-0.15, -0.1) is 0 Å². The summed E-state index contributed by atoms with van der Waals surface area (Å²) in [5.41, 5.74) is 0. The molecule has 1 atom stereocenters. The average molecular weight is 298 g/mol. The molecule has 2 heterocycles. The van der Waals surface area contributed by atoms with E-state index in [2.05, 4.69) is 4.90 Å². The third-order valence-electron chi connectivity index (χ3n) is 4.54. The lowest BCUT2D eigenvalue weighted by Gasteiger charge is -2.41. The molecule has 2 aliphatic heterocycles. The number of carbonyl (C=O) groups excluding carboxylic acids is 1. The third kappa shape index (κ3) is 4.97. The monoisotopic (exact) mass is 298 g/mol. The highest BCUT2D eigenvalue weighted by atomic mass is 16.4. The van der Waals surface area contributed by atoms with Crippen LogP contribution in [0.4, 0.5) is 0 Å². The minimum atomic E-state index is -0.842. The van der Waals surface area contributed by atoms with Crippen molar-refractivity contribution in [1.29, 1.82) is 0 Å². The number of carboxylic acid groups (broad SMARTS) is 1. The zero-order valence-corrected chi connectivity index (χ0v) is 12.5. The van der Waals surface area contributed by atoms with Crippen LogP contribution in [-0.2, 0) is 9.59 Å². The Morgan fingerprint density at radius 2 is 1.76 bits per heavy atom. The molecule has 0 radical (unpaired) electrons. The predicted octanol–water partition coefficient (Wildman–Crippen LogP) is 0.689. The summed E-state index contributed by atoms with van der Waals surface area (Å²) in [4.78, 5) is 26.7. The summed E-state index contributed by atoms with van der Waals surface area (Å²) in [6, 6.07) is 0.475. The number of carboxylic acids is 1. The van der Waals surface area contributed by atoms with Gasteiger partial charge in [-0.2, -0.15) is 0 Å². The van der Waals surface area contributed by atoms with Crippen LogP contribution in [-0.4, -0.2) is 70.2 Å². The van der Waals surface area contributed by atoms with E-state index in [4.69, 9.17) is 5.11 Å². The maximum atomic E-state index is 12.0. The molecule has 6 nitrogen and oxygen atoms in total. The van der Waals surface area contributed by atoms with Gasteiger partial charge >= 0.3 is 5.97 Å². The van der Waals surface area contributed by atoms with Crippen LogP contribution in [0.3, 0.4) is 0 Å². The van der Waals surface area contributed by atoms with Gasteiger partial charge in [0.1, 0.15) is 0 Å². The minimum absolute atomic E-state index is 0.0634. The van der Waals surface area contributed by atoms with Crippen molar-refractivity contribution in [2.45, 2.75) is 57.1 Å². The highest BCUT2D eigenvalue weighted by Crippen LogP contribution is 2.21. The van der Waals surface area contributed by atoms with Crippen LogP contribution in [0.25, 0.3) is 0 Å². The first-order valence-corrected chi connectivity index (χ1v) is 7.98. The van der Waals surface area contributed by atoms with E-state index < -0.39 is 5.97 Å². The summed E-state index contributed by atoms with van der Waals surface area (Å²) < 4.78 is 0. The third-order valence-corrected chi connectivity index (χ3v) is 4.54. The van der Waals surface area contributed by atoms with Crippen molar-refractivity contribution in [2.24, 2.45) is 0 Å². The Labute approximate surface area is 125 Å². The number of hydrogen-bond acceptors (Lipinski definition) is 4. The van der Waals surface area contributed by atoms with Crippen LogP contribution in [0.5, 0.6) is 0 Å². The van der Waals surface area contributed by atoms with Gasteiger partial charge in [0.25, 0.3) is 0 Å². The second kappa shape index (κ2) is 7.75. The van der Waals surface area contributed by atoms with Gasteiger partial charge in [0.05, 0.1) is 6.10 Å². The molecule has 0 aromatic carbocycles. The molecule has 120 valence electrons. The number of hydrogen-bond donors (Lipinski definition) is 2. The van der Waals surface area contributed by atoms with Crippen LogP contribution in [0, 0.1) is 0 Å². The summed E-state index contributed by atoms with van der Waals surface area (Å²) in [6.45, 7) is 3.32. The van der Waals surface area contributed by atoms with Crippen LogP contribution in [0.2, 0.25) is 0 Å². The molecule has 6 heteroatoms. The van der Waals surface area contributed by atoms with Gasteiger partial charge < -0.3 is 15.1 Å². The Morgan fingerprint density at radius 3 is 2.38 bits per heavy atom. The molecule has 0 spiro atoms. The number of rotatable bonds is 5. The van der Waals surface area contributed by atoms with E-state index in [0.717, 1.165) is 51.9 Å². The fraction of sp³-hybridized carbons (Fsp3) is 0.867. The molecule has 0 unspecified atom stereocenters. The van der Waals surface area contributed by atoms with Crippen molar-refractivity contribution < 1.29 is 19.8 Å². The Kier molecular flexibility index (Phi) is 5.99. The molecule has 0 aliphatic carbocycles. The van der Waals surface area contributed by atoms with E-state index in [1.165, 1.54) is 0 Å². The zero-order chi connectivity index (χ0) is 15.2. The first-order valence-electron chi connectivity index (χ1n) is 7.98. The number of amides is 1. The van der Waals surface area contributed by atoms with E-state index in [1.807, 2.05) is 4.90 Å². The van der Waals surface area contributed by atoms with Crippen LogP contribution >= 0.6 is 0 Å². The Hall–Kier alpha value is -1.14. The molecule has 0 bridgehead atoms. The Balaban J connectivity index is 1.70. The molecular weight excluding hydrogens is 272 g/mol. The molecule has 2 N–H and O–H groups in total. The number of carbonyl (C=O) groups is 2. The normalized spacial score (nSPS) is 25.0. The van der Waals surface area contributed by atoms with E-state index in [-0.39, 0.29) is 18.4 Å². The van der Waals surface area contributed by atoms with Crippen molar-refractivity contribution in [1.82, 2.24) is 9.80 Å². The number of piperidine rings is 2. The molecule has 21 heavy (non-hydrogen) atoms. The van der Waals surface area contributed by atoms with Crippen LogP contribution in [0.15, 0.2) is 0 Å². The lowest BCUT2D eigenvalue weighted by Crippen LogP contribution is -2.50. The van der Waals surface area contributed by atoms with Gasteiger partial charge in [-0.3, -0.25) is 14.5 Å². The van der Waals surface area contributed by atoms with Gasteiger partial charge in [-0.25, -0.2) is 0 Å². The van der Waals surface area contributed by atoms with Crippen LogP contribution < -0.4 is 0 Å². The quantitative estimate of drug-likeness (QED) is 0.780. The topological polar surface area (TPSA) is 81.1 Å². The maximum absolute atomic E-state index is 12.0. The molecule has 2 rings (SSSR count). The Bertz CT molecular complexity index is 367. The molecule has 0 saturated carbocycles. The highest BCUT2D eigenvalue weighted by molar-refractivity contribution is 5.77. The van der Waals surface area contributed by atoms with E-state index in [1.54, 1.807) is 0 Å². The predicted molar refractivity (Wildman–Crippen MR) is 77.9 cm³/mol. The van der Waals surface area contributed by atoms with Crippen molar-refractivity contribution in [3.8, 4) is 0 Å². The zero-order valence-electron chi connectivity index (χ0n) is 12.5. The SMILES string of the molecule is O=C(O)CCCC(=O)N1CCC(N2CCC[C@@H](O)C2)CC1. The molecular formula is C15H26N2O4. The smallest absolute Gasteiger partial charge is 0.303 e. The first kappa shape index (κ1) is 16.2. The lowest BCUT2D eigenvalue weighted by atomic mass is 9.98. The first-order chi connectivity index (χ1) is 10.1. The van der Waals surface area contributed by atoms with Crippen molar-refractivity contribution in [3.63, 3.8) is 0 Å². The number of likely N-dealkylation sites (tertiary alicyclic amines) is 2. The van der Waals surface area contributed by atoms with E-state index in [9.17, 15) is 14.7 Å². The van der Waals surface area contributed by atoms with Crippen molar-refractivity contribution in [3.05, 3.63) is 0 Å². The van der Waals surface area contributed by atoms with Gasteiger partial charge in [-0.05, 0) is 38.6 Å². The summed E-state index contributed by atoms with van der Waals surface area (Å²) in [7, 11) is 0. The second-order valence-electron chi connectivity index (χ2n) is 6.15. The fourth-order valence-electron chi connectivity index (χ4n) is 3.34. The highest BCUT2D eigenvalue weighted by Gasteiger charge is 2.29. The number of aliphatic carboxylic acids is 1. The van der Waals surface area contributed by atoms with Gasteiger partial charge in [0.15, 0.2) is 0 Å². The summed E-state index contributed by atoms with van der Waals surface area (Å²) in [6.07, 6.45) is 4.48. The van der Waals surface area contributed by atoms with Gasteiger partial charge in [0.2, 0.25) is 5.91 Å². The summed E-state index contributed by atoms with van der Waals surface area (Å²) in [5, 5.41) is 18.3. The fourth-order valence-corrected chi connectivity index (χ4v) is 3.34. The largest absolute Gasteiger partial charge is 0.481 e. The number of aliphatic hydroxyl groups is 1. The average Bonchev–Trinajstić information content (AvgIpc) is 2.47. The maximum Gasteiger partial charge on any atom is 0.303 e. The number of β-amino-alcohol motifs (C(OH)–C–C–N with tert-alkyl or cyclic N) is 1. The van der Waals surface area contributed by atoms with Gasteiger partial charge in [-0.1, -0.05) is 0 Å². The molecule has 2 fully saturated rings. The molecule has 0 aromatic heterocycles. The van der Waals surface area contributed by atoms with E-state index >= 15 is 0 Å². The molecule has 2 saturated heterocycles. The van der Waals surface area contributed by atoms with Gasteiger partial charge in [0, 0.05) is 38.5 Å². The standard InChI is InChI=1S/C15H26N2O4/c18-13-3-2-8-17(11-13)12-6-9-16(10-7-12)14(19)4-1-5-15(20)21/h12-13,18H,1-11H2,(H,20,21)/t13-/m1/s1. The molecule has 1 amide bonds. The van der Waals surface area contributed by atoms with Crippen molar-refractivity contribution in [2.75, 3.05) is 26.2 Å². The number of aliphatic hydroxyl groups excluding tert-OH is 1. The Morgan fingerprint density at radius 1 is 1.05 bits per heavy atom. The minimum Gasteiger partial charge on any atom is -0.481 e. The van der Waals surface area contributed by atoms with E-state index in [0.29, 0.717) is 18.9 Å². The van der Waals surface area contributed by atoms with Crippen LogP contribution in [0.1, 0.15) is 44.9 Å². The second-order valence-corrected chi connectivity index (χ2v) is 6.15.